The van der Waals surface area contributed by atoms with E-state index in [0.717, 1.165) is 22.0 Å². The smallest absolute Gasteiger partial charge is 0.188 e. The van der Waals surface area contributed by atoms with Crippen molar-refractivity contribution in [1.29, 1.82) is 0 Å². The molecule has 2 nitrogen and oxygen atoms in total. The molecule has 1 aliphatic carbocycles. The van der Waals surface area contributed by atoms with Crippen LogP contribution in [0.4, 0.5) is 0 Å². The highest BCUT2D eigenvalue weighted by atomic mass is 16.1. The summed E-state index contributed by atoms with van der Waals surface area (Å²) in [7, 11) is 0. The average Bonchev–Trinajstić information content (AvgIpc) is 2.45. The van der Waals surface area contributed by atoms with Crippen LogP contribution < -0.4 is 5.43 Å². The second-order valence-electron chi connectivity index (χ2n) is 4.73. The van der Waals surface area contributed by atoms with Crippen LogP contribution in [0.15, 0.2) is 71.8 Å². The van der Waals surface area contributed by atoms with Crippen molar-refractivity contribution in [2.75, 3.05) is 0 Å². The molecule has 2 aliphatic rings. The van der Waals surface area contributed by atoms with Gasteiger partial charge in [-0.1, -0.05) is 36.4 Å². The van der Waals surface area contributed by atoms with E-state index in [4.69, 9.17) is 0 Å². The molecular weight excluding hydrogens is 234 g/mol. The SMILES string of the molecule is O=c1cccc2ccn3cc4ccccc4cc3c1-2. The molecule has 0 unspecified atom stereocenters. The van der Waals surface area contributed by atoms with E-state index in [0.29, 0.717) is 0 Å². The molecule has 4 rings (SSSR count). The summed E-state index contributed by atoms with van der Waals surface area (Å²) in [6, 6.07) is 17.7. The molecule has 1 aromatic heterocycles. The zero-order valence-electron chi connectivity index (χ0n) is 10.2. The molecule has 0 saturated carbocycles. The third-order valence-electron chi connectivity index (χ3n) is 3.57. The maximum absolute atomic E-state index is 12.1. The van der Waals surface area contributed by atoms with Gasteiger partial charge in [-0.2, -0.15) is 0 Å². The first-order valence-electron chi connectivity index (χ1n) is 6.25. The van der Waals surface area contributed by atoms with E-state index < -0.39 is 0 Å². The van der Waals surface area contributed by atoms with Crippen LogP contribution in [0, 0.1) is 0 Å². The average molecular weight is 245 g/mol. The molecule has 2 aromatic rings. The monoisotopic (exact) mass is 245 g/mol. The third kappa shape index (κ3) is 1.47. The topological polar surface area (TPSA) is 21.5 Å². The highest BCUT2D eigenvalue weighted by Gasteiger charge is 2.10. The molecule has 1 aromatic carbocycles. The van der Waals surface area contributed by atoms with E-state index in [-0.39, 0.29) is 5.43 Å². The highest BCUT2D eigenvalue weighted by Crippen LogP contribution is 2.25. The van der Waals surface area contributed by atoms with Crippen LogP contribution in [0.3, 0.4) is 0 Å². The fourth-order valence-electron chi connectivity index (χ4n) is 2.65. The Labute approximate surface area is 109 Å². The lowest BCUT2D eigenvalue weighted by atomic mass is 10.0. The van der Waals surface area contributed by atoms with Gasteiger partial charge in [0.2, 0.25) is 0 Å². The maximum atomic E-state index is 12.1. The number of hydrogen-bond acceptors (Lipinski definition) is 1. The molecule has 0 amide bonds. The Morgan fingerprint density at radius 3 is 2.58 bits per heavy atom. The predicted molar refractivity (Wildman–Crippen MR) is 77.8 cm³/mol. The third-order valence-corrected chi connectivity index (χ3v) is 3.57. The standard InChI is InChI=1S/C17H11NO/c19-16-7-3-6-12-8-9-18-11-14-5-2-1-4-13(14)10-15(18)17(12)16/h1-11H. The van der Waals surface area contributed by atoms with Crippen LogP contribution in [0.2, 0.25) is 0 Å². The van der Waals surface area contributed by atoms with Gasteiger partial charge in [0.25, 0.3) is 0 Å². The van der Waals surface area contributed by atoms with Crippen LogP contribution in [0.1, 0.15) is 0 Å². The van der Waals surface area contributed by atoms with Crippen molar-refractivity contribution in [2.24, 2.45) is 0 Å². The molecule has 0 N–H and O–H groups in total. The second-order valence-corrected chi connectivity index (χ2v) is 4.73. The normalized spacial score (nSPS) is 11.4. The molecule has 1 aliphatic heterocycles. The van der Waals surface area contributed by atoms with Gasteiger partial charge in [-0.05, 0) is 34.5 Å². The number of nitrogens with zero attached hydrogens (tertiary/aromatic N) is 1. The minimum absolute atomic E-state index is 0.0749. The largest absolute Gasteiger partial charge is 0.322 e. The number of benzene rings is 2. The van der Waals surface area contributed by atoms with E-state index in [1.807, 2.05) is 40.9 Å². The van der Waals surface area contributed by atoms with Crippen LogP contribution in [-0.2, 0) is 0 Å². The first-order valence-corrected chi connectivity index (χ1v) is 6.25. The van der Waals surface area contributed by atoms with Crippen molar-refractivity contribution in [3.8, 4) is 11.1 Å². The Morgan fingerprint density at radius 1 is 0.842 bits per heavy atom. The summed E-state index contributed by atoms with van der Waals surface area (Å²) in [5, 5.41) is 2.32. The van der Waals surface area contributed by atoms with Gasteiger partial charge < -0.3 is 4.40 Å². The zero-order chi connectivity index (χ0) is 12.8. The lowest BCUT2D eigenvalue weighted by molar-refractivity contribution is 1.18. The Balaban J connectivity index is 2.29. The second kappa shape index (κ2) is 3.69. The van der Waals surface area contributed by atoms with Gasteiger partial charge >= 0.3 is 0 Å². The first kappa shape index (κ1) is 10.3. The number of hydrogen-bond donors (Lipinski definition) is 0. The van der Waals surface area contributed by atoms with Crippen molar-refractivity contribution in [1.82, 2.24) is 4.40 Å². The van der Waals surface area contributed by atoms with E-state index in [1.54, 1.807) is 6.07 Å². The molecule has 0 bridgehead atoms. The minimum Gasteiger partial charge on any atom is -0.322 e. The van der Waals surface area contributed by atoms with Gasteiger partial charge in [0.15, 0.2) is 5.43 Å². The molecule has 0 saturated heterocycles. The molecule has 19 heavy (non-hydrogen) atoms. The van der Waals surface area contributed by atoms with Crippen molar-refractivity contribution >= 4 is 16.3 Å². The van der Waals surface area contributed by atoms with Crippen LogP contribution in [0.25, 0.3) is 27.4 Å². The summed E-state index contributed by atoms with van der Waals surface area (Å²) in [5.74, 6) is 0. The quantitative estimate of drug-likeness (QED) is 0.343. The summed E-state index contributed by atoms with van der Waals surface area (Å²) >= 11 is 0. The summed E-state index contributed by atoms with van der Waals surface area (Å²) < 4.78 is 2.02. The molecule has 0 fully saturated rings. The van der Waals surface area contributed by atoms with Gasteiger partial charge in [-0.25, -0.2) is 0 Å². The fourth-order valence-corrected chi connectivity index (χ4v) is 2.65. The van der Waals surface area contributed by atoms with Crippen molar-refractivity contribution in [3.05, 3.63) is 77.2 Å². The molecule has 0 atom stereocenters. The van der Waals surface area contributed by atoms with Crippen LogP contribution >= 0.6 is 0 Å². The lowest BCUT2D eigenvalue weighted by Crippen LogP contribution is -2.06. The molecule has 2 heterocycles. The minimum atomic E-state index is 0.0749. The van der Waals surface area contributed by atoms with Gasteiger partial charge in [-0.15, -0.1) is 0 Å². The molecular formula is C17H11NO. The lowest BCUT2D eigenvalue weighted by Gasteiger charge is -2.11. The van der Waals surface area contributed by atoms with E-state index >= 15 is 0 Å². The molecule has 2 heteroatoms. The summed E-state index contributed by atoms with van der Waals surface area (Å²) in [6.45, 7) is 0. The summed E-state index contributed by atoms with van der Waals surface area (Å²) in [6.07, 6.45) is 4.07. The van der Waals surface area contributed by atoms with Gasteiger partial charge in [0.05, 0.1) is 11.1 Å². The van der Waals surface area contributed by atoms with E-state index in [9.17, 15) is 4.79 Å². The molecule has 90 valence electrons. The van der Waals surface area contributed by atoms with Crippen LogP contribution in [0.5, 0.6) is 0 Å². The Kier molecular flexibility index (Phi) is 2.00. The summed E-state index contributed by atoms with van der Waals surface area (Å²) in [4.78, 5) is 12.1. The van der Waals surface area contributed by atoms with E-state index in [2.05, 4.69) is 24.4 Å². The predicted octanol–water partition coefficient (Wildman–Crippen LogP) is 3.56. The van der Waals surface area contributed by atoms with Crippen LogP contribution in [-0.4, -0.2) is 4.40 Å². The zero-order valence-corrected chi connectivity index (χ0v) is 10.2. The Bertz CT molecular complexity index is 936. The molecule has 0 spiro atoms. The summed E-state index contributed by atoms with van der Waals surface area (Å²) in [5.41, 5.74) is 2.81. The Hall–Kier alpha value is -2.61. The number of aromatic nitrogens is 1. The Morgan fingerprint density at radius 2 is 1.68 bits per heavy atom. The van der Waals surface area contributed by atoms with Gasteiger partial charge in [-0.3, -0.25) is 4.79 Å². The van der Waals surface area contributed by atoms with Crippen molar-refractivity contribution < 1.29 is 0 Å². The van der Waals surface area contributed by atoms with Gasteiger partial charge in [0.1, 0.15) is 0 Å². The van der Waals surface area contributed by atoms with Crippen molar-refractivity contribution in [2.45, 2.75) is 0 Å². The number of pyridine rings is 2. The maximum Gasteiger partial charge on any atom is 0.188 e. The molecule has 0 radical (unpaired) electrons. The first-order chi connectivity index (χ1) is 9.33. The van der Waals surface area contributed by atoms with Crippen molar-refractivity contribution in [3.63, 3.8) is 0 Å². The number of fused-ring (bicyclic) bond motifs is 4. The highest BCUT2D eigenvalue weighted by molar-refractivity contribution is 5.91. The van der Waals surface area contributed by atoms with E-state index in [1.165, 1.54) is 5.39 Å². The van der Waals surface area contributed by atoms with Gasteiger partial charge in [0, 0.05) is 12.4 Å². The fraction of sp³-hybridized carbons (Fsp3) is 0. The number of rotatable bonds is 0.